The summed E-state index contributed by atoms with van der Waals surface area (Å²) >= 11 is 0. The van der Waals surface area contributed by atoms with Crippen LogP contribution in [0.5, 0.6) is 0 Å². The van der Waals surface area contributed by atoms with E-state index in [0.29, 0.717) is 6.16 Å². The highest BCUT2D eigenvalue weighted by molar-refractivity contribution is 7.53. The molecule has 13 heavy (non-hydrogen) atoms. The van der Waals surface area contributed by atoms with Gasteiger partial charge in [-0.1, -0.05) is 6.92 Å². The normalized spacial score (nSPS) is 29.9. The van der Waals surface area contributed by atoms with Crippen LogP contribution in [0, 0.1) is 0 Å². The molecule has 1 fully saturated rings. The highest BCUT2D eigenvalue weighted by Gasteiger charge is 2.45. The molecule has 3 nitrogen and oxygen atoms in total. The first kappa shape index (κ1) is 11.2. The second-order valence-corrected chi connectivity index (χ2v) is 7.03. The summed E-state index contributed by atoms with van der Waals surface area (Å²) in [4.78, 5) is 0. The summed E-state index contributed by atoms with van der Waals surface area (Å²) in [7, 11) is -2.84. The Morgan fingerprint density at radius 1 is 1.15 bits per heavy atom. The Hall–Kier alpha value is 0.150. The van der Waals surface area contributed by atoms with Gasteiger partial charge in [0.1, 0.15) is 0 Å². The third-order valence-corrected chi connectivity index (χ3v) is 4.33. The van der Waals surface area contributed by atoms with Gasteiger partial charge in [0.05, 0.1) is 11.2 Å². The highest BCUT2D eigenvalue weighted by Crippen LogP contribution is 2.59. The summed E-state index contributed by atoms with van der Waals surface area (Å²) in [5.74, 6) is 0. The van der Waals surface area contributed by atoms with Crippen LogP contribution in [0.2, 0.25) is 0 Å². The summed E-state index contributed by atoms with van der Waals surface area (Å²) < 4.78 is 22.9. The molecule has 0 aromatic rings. The second-order valence-electron chi connectivity index (χ2n) is 4.81. The third-order valence-electron chi connectivity index (χ3n) is 2.01. The van der Waals surface area contributed by atoms with E-state index in [1.807, 2.05) is 34.6 Å². The van der Waals surface area contributed by atoms with Crippen LogP contribution in [-0.4, -0.2) is 17.4 Å². The minimum absolute atomic E-state index is 0.340. The topological polar surface area (TPSA) is 35.5 Å². The molecule has 0 aromatic heterocycles. The molecule has 0 aliphatic carbocycles. The van der Waals surface area contributed by atoms with Crippen molar-refractivity contribution in [2.45, 2.75) is 52.2 Å². The van der Waals surface area contributed by atoms with Crippen molar-refractivity contribution in [3.63, 3.8) is 0 Å². The van der Waals surface area contributed by atoms with Crippen molar-refractivity contribution in [2.24, 2.45) is 0 Å². The summed E-state index contributed by atoms with van der Waals surface area (Å²) in [6, 6.07) is 0. The first-order valence-electron chi connectivity index (χ1n) is 4.69. The number of rotatable bonds is 1. The molecule has 0 bridgehead atoms. The molecule has 0 spiro atoms. The average Bonchev–Trinajstić information content (AvgIpc) is 1.79. The van der Waals surface area contributed by atoms with Crippen LogP contribution >= 0.6 is 7.60 Å². The molecule has 1 heterocycles. The van der Waals surface area contributed by atoms with Crippen molar-refractivity contribution in [2.75, 3.05) is 6.16 Å². The van der Waals surface area contributed by atoms with Gasteiger partial charge in [0.25, 0.3) is 0 Å². The molecule has 1 aliphatic heterocycles. The van der Waals surface area contributed by atoms with Gasteiger partial charge in [-0.15, -0.1) is 0 Å². The Morgan fingerprint density at radius 3 is 1.85 bits per heavy atom. The van der Waals surface area contributed by atoms with Crippen LogP contribution in [0.15, 0.2) is 0 Å². The summed E-state index contributed by atoms with van der Waals surface area (Å²) in [6.07, 6.45) is 1.21. The largest absolute Gasteiger partial charge is 0.331 e. The van der Waals surface area contributed by atoms with Crippen LogP contribution in [-0.2, 0) is 13.6 Å². The first-order chi connectivity index (χ1) is 5.68. The minimum Gasteiger partial charge on any atom is -0.302 e. The smallest absolute Gasteiger partial charge is 0.302 e. The zero-order valence-corrected chi connectivity index (χ0v) is 9.98. The van der Waals surface area contributed by atoms with E-state index in [2.05, 4.69) is 0 Å². The van der Waals surface area contributed by atoms with E-state index in [1.54, 1.807) is 0 Å². The average molecular weight is 206 g/mol. The Morgan fingerprint density at radius 2 is 1.54 bits per heavy atom. The molecule has 0 N–H and O–H groups in total. The van der Waals surface area contributed by atoms with Crippen molar-refractivity contribution in [3.05, 3.63) is 0 Å². The van der Waals surface area contributed by atoms with Gasteiger partial charge in [-0.3, -0.25) is 4.57 Å². The standard InChI is InChI=1S/C9H19O3P/c1-6-13(10)11-8(2,3)7-9(4,5)12-13/h6-7H2,1-5H3. The van der Waals surface area contributed by atoms with Crippen molar-refractivity contribution in [1.29, 1.82) is 0 Å². The quantitative estimate of drug-likeness (QED) is 0.618. The third kappa shape index (κ3) is 2.80. The first-order valence-corrected chi connectivity index (χ1v) is 6.41. The molecule has 1 aliphatic rings. The van der Waals surface area contributed by atoms with Gasteiger partial charge in [0.2, 0.25) is 0 Å². The van der Waals surface area contributed by atoms with Gasteiger partial charge < -0.3 is 9.05 Å². The van der Waals surface area contributed by atoms with Gasteiger partial charge in [-0.05, 0) is 27.7 Å². The zero-order valence-electron chi connectivity index (χ0n) is 9.09. The predicted molar refractivity (Wildman–Crippen MR) is 53.1 cm³/mol. The lowest BCUT2D eigenvalue weighted by Gasteiger charge is -2.44. The van der Waals surface area contributed by atoms with Gasteiger partial charge in [0.15, 0.2) is 0 Å². The monoisotopic (exact) mass is 206 g/mol. The fourth-order valence-corrected chi connectivity index (χ4v) is 3.92. The molecule has 0 amide bonds. The Bertz CT molecular complexity index is 225. The van der Waals surface area contributed by atoms with E-state index in [4.69, 9.17) is 9.05 Å². The van der Waals surface area contributed by atoms with Gasteiger partial charge in [-0.2, -0.15) is 0 Å². The molecule has 1 saturated heterocycles. The maximum atomic E-state index is 12.0. The molecule has 0 unspecified atom stereocenters. The Kier molecular flexibility index (Phi) is 2.66. The van der Waals surface area contributed by atoms with Crippen molar-refractivity contribution >= 4 is 7.60 Å². The maximum absolute atomic E-state index is 12.0. The van der Waals surface area contributed by atoms with Gasteiger partial charge in [-0.25, -0.2) is 0 Å². The lowest BCUT2D eigenvalue weighted by atomic mass is 9.93. The molecular formula is C9H19O3P. The summed E-state index contributed by atoms with van der Waals surface area (Å²) in [6.45, 7) is 9.66. The van der Waals surface area contributed by atoms with Crippen LogP contribution in [0.25, 0.3) is 0 Å². The second kappa shape index (κ2) is 3.08. The molecule has 0 atom stereocenters. The number of hydrogen-bond acceptors (Lipinski definition) is 3. The van der Waals surface area contributed by atoms with Gasteiger partial charge in [0, 0.05) is 12.6 Å². The molecule has 1 rings (SSSR count). The minimum atomic E-state index is -2.84. The van der Waals surface area contributed by atoms with E-state index >= 15 is 0 Å². The molecule has 0 aromatic carbocycles. The lowest BCUT2D eigenvalue weighted by Crippen LogP contribution is -2.41. The van der Waals surface area contributed by atoms with E-state index in [-0.39, 0.29) is 11.2 Å². The zero-order chi connectivity index (χ0) is 10.3. The Labute approximate surface area is 80.3 Å². The predicted octanol–water partition coefficient (Wildman–Crippen LogP) is 3.19. The number of hydrogen-bond donors (Lipinski definition) is 0. The molecule has 4 heteroatoms. The van der Waals surface area contributed by atoms with Crippen LogP contribution < -0.4 is 0 Å². The fourth-order valence-electron chi connectivity index (χ4n) is 1.99. The van der Waals surface area contributed by atoms with Crippen molar-refractivity contribution < 1.29 is 13.6 Å². The fraction of sp³-hybridized carbons (Fsp3) is 1.00. The van der Waals surface area contributed by atoms with Crippen molar-refractivity contribution in [3.8, 4) is 0 Å². The molecule has 0 radical (unpaired) electrons. The van der Waals surface area contributed by atoms with E-state index in [1.165, 1.54) is 0 Å². The van der Waals surface area contributed by atoms with E-state index in [0.717, 1.165) is 6.42 Å². The van der Waals surface area contributed by atoms with Crippen LogP contribution in [0.3, 0.4) is 0 Å². The Balaban J connectivity index is 2.91. The van der Waals surface area contributed by atoms with Crippen LogP contribution in [0.4, 0.5) is 0 Å². The van der Waals surface area contributed by atoms with Crippen LogP contribution in [0.1, 0.15) is 41.0 Å². The summed E-state index contributed by atoms with van der Waals surface area (Å²) in [5, 5.41) is 0. The molecule has 0 saturated carbocycles. The SMILES string of the molecule is CCP1(=O)OC(C)(C)CC(C)(C)O1. The molecule has 78 valence electrons. The molecular weight excluding hydrogens is 187 g/mol. The van der Waals surface area contributed by atoms with E-state index < -0.39 is 7.60 Å². The van der Waals surface area contributed by atoms with Crippen molar-refractivity contribution in [1.82, 2.24) is 0 Å². The lowest BCUT2D eigenvalue weighted by molar-refractivity contribution is -0.0608. The van der Waals surface area contributed by atoms with Gasteiger partial charge >= 0.3 is 7.60 Å². The summed E-state index contributed by atoms with van der Waals surface area (Å²) in [5.41, 5.74) is -0.680. The highest BCUT2D eigenvalue weighted by atomic mass is 31.2. The van der Waals surface area contributed by atoms with E-state index in [9.17, 15) is 4.57 Å². The maximum Gasteiger partial charge on any atom is 0.331 e.